The van der Waals surface area contributed by atoms with E-state index in [2.05, 4.69) is 0 Å². The van der Waals surface area contributed by atoms with E-state index in [1.807, 2.05) is 0 Å². The summed E-state index contributed by atoms with van der Waals surface area (Å²) in [6, 6.07) is 4.21. The number of aliphatic hydroxyl groups is 2. The number of benzene rings is 1. The Hall–Kier alpha value is -1.08. The lowest BCUT2D eigenvalue weighted by Gasteiger charge is -2.10. The second kappa shape index (κ2) is 6.61. The summed E-state index contributed by atoms with van der Waals surface area (Å²) in [4.78, 5) is 11.3. The maximum atomic E-state index is 10.6. The molecule has 0 amide bonds. The largest absolute Gasteiger partial charge is 0.480 e. The third kappa shape index (κ3) is 4.01. The van der Waals surface area contributed by atoms with Crippen LogP contribution in [0.5, 0.6) is 0 Å². The van der Waals surface area contributed by atoms with E-state index in [0.717, 1.165) is 4.90 Å². The van der Waals surface area contributed by atoms with Crippen LogP contribution in [-0.4, -0.2) is 33.1 Å². The van der Waals surface area contributed by atoms with E-state index in [1.54, 1.807) is 18.2 Å². The minimum Gasteiger partial charge on any atom is -0.480 e. The van der Waals surface area contributed by atoms with E-state index in [1.165, 1.54) is 11.8 Å². The second-order valence-corrected chi connectivity index (χ2v) is 4.58. The third-order valence-corrected chi connectivity index (χ3v) is 3.44. The molecule has 1 atom stereocenters. The number of carboxylic acid groups (broad SMARTS) is 1. The monoisotopic (exact) mass is 257 g/mol. The van der Waals surface area contributed by atoms with Crippen molar-refractivity contribution in [1.82, 2.24) is 0 Å². The number of thioether (sulfide) groups is 1. The summed E-state index contributed by atoms with van der Waals surface area (Å²) in [5, 5.41) is 26.8. The Labute approximate surface area is 103 Å². The molecule has 1 aromatic carbocycles. The van der Waals surface area contributed by atoms with Crippen LogP contribution in [0.2, 0.25) is 0 Å². The number of aliphatic hydroxyl groups excluding tert-OH is 2. The molecule has 0 spiro atoms. The summed E-state index contributed by atoms with van der Waals surface area (Å²) in [6.45, 7) is -0.222. The van der Waals surface area contributed by atoms with Gasteiger partial charge in [0.1, 0.15) is 6.04 Å². The van der Waals surface area contributed by atoms with Gasteiger partial charge in [-0.25, -0.2) is 0 Å². The number of hydrogen-bond donors (Lipinski definition) is 4. The minimum absolute atomic E-state index is 0.0930. The number of aliphatic carboxylic acids is 1. The Morgan fingerprint density at radius 3 is 2.59 bits per heavy atom. The highest BCUT2D eigenvalue weighted by molar-refractivity contribution is 7.99. The molecule has 6 heteroatoms. The topological polar surface area (TPSA) is 104 Å². The van der Waals surface area contributed by atoms with Crippen molar-refractivity contribution >= 4 is 17.7 Å². The number of nitrogens with two attached hydrogens (primary N) is 1. The van der Waals surface area contributed by atoms with Gasteiger partial charge < -0.3 is 21.1 Å². The molecule has 94 valence electrons. The number of carboxylic acids is 1. The first-order chi connectivity index (χ1) is 8.08. The van der Waals surface area contributed by atoms with Crippen molar-refractivity contribution in [3.8, 4) is 0 Å². The summed E-state index contributed by atoms with van der Waals surface area (Å²) in [5.41, 5.74) is 6.81. The van der Waals surface area contributed by atoms with E-state index < -0.39 is 12.0 Å². The van der Waals surface area contributed by atoms with Gasteiger partial charge in [0, 0.05) is 10.6 Å². The zero-order chi connectivity index (χ0) is 12.8. The summed E-state index contributed by atoms with van der Waals surface area (Å²) in [7, 11) is 0. The van der Waals surface area contributed by atoms with E-state index in [9.17, 15) is 4.79 Å². The molecule has 0 saturated heterocycles. The molecule has 0 saturated carbocycles. The van der Waals surface area contributed by atoms with E-state index in [0.29, 0.717) is 11.1 Å². The van der Waals surface area contributed by atoms with Crippen LogP contribution in [0.4, 0.5) is 0 Å². The molecule has 0 bridgehead atoms. The summed E-state index contributed by atoms with van der Waals surface area (Å²) in [6.07, 6.45) is 0. The zero-order valence-corrected chi connectivity index (χ0v) is 9.98. The molecular weight excluding hydrogens is 242 g/mol. The van der Waals surface area contributed by atoms with E-state index >= 15 is 0 Å². The van der Waals surface area contributed by atoms with Crippen LogP contribution < -0.4 is 5.73 Å². The lowest BCUT2D eigenvalue weighted by atomic mass is 10.1. The third-order valence-electron chi connectivity index (χ3n) is 2.22. The van der Waals surface area contributed by atoms with Crippen LogP contribution in [0.1, 0.15) is 11.1 Å². The lowest BCUT2D eigenvalue weighted by molar-refractivity contribution is -0.137. The van der Waals surface area contributed by atoms with E-state index in [-0.39, 0.29) is 19.0 Å². The molecular formula is C11H15NO4S. The SMILES string of the molecule is N[C@@H](CSc1cc(CO)ccc1CO)C(=O)O. The highest BCUT2D eigenvalue weighted by Gasteiger charge is 2.13. The predicted molar refractivity (Wildman–Crippen MR) is 64.6 cm³/mol. The van der Waals surface area contributed by atoms with Gasteiger partial charge in [0.2, 0.25) is 0 Å². The average molecular weight is 257 g/mol. The molecule has 17 heavy (non-hydrogen) atoms. The van der Waals surface area contributed by atoms with Crippen molar-refractivity contribution in [2.24, 2.45) is 5.73 Å². The van der Waals surface area contributed by atoms with Crippen LogP contribution in [-0.2, 0) is 18.0 Å². The summed E-state index contributed by atoms with van der Waals surface area (Å²) < 4.78 is 0. The van der Waals surface area contributed by atoms with Gasteiger partial charge in [-0.05, 0) is 17.2 Å². The molecule has 5 nitrogen and oxygen atoms in total. The molecule has 0 fully saturated rings. The van der Waals surface area contributed by atoms with E-state index in [4.69, 9.17) is 21.1 Å². The van der Waals surface area contributed by atoms with Crippen molar-refractivity contribution in [2.75, 3.05) is 5.75 Å². The van der Waals surface area contributed by atoms with Gasteiger partial charge in [0.15, 0.2) is 0 Å². The number of rotatable bonds is 6. The number of carbonyl (C=O) groups is 1. The molecule has 0 aliphatic rings. The van der Waals surface area contributed by atoms with Crippen molar-refractivity contribution in [1.29, 1.82) is 0 Å². The standard InChI is InChI=1S/C11H15NO4S/c12-9(11(15)16)6-17-10-3-7(4-13)1-2-8(10)5-14/h1-3,9,13-14H,4-6,12H2,(H,15,16)/t9-/m0/s1. The molecule has 0 unspecified atom stereocenters. The number of hydrogen-bond acceptors (Lipinski definition) is 5. The Balaban J connectivity index is 2.77. The summed E-state index contributed by atoms with van der Waals surface area (Å²) in [5.74, 6) is -0.835. The van der Waals surface area contributed by atoms with Crippen LogP contribution >= 0.6 is 11.8 Å². The van der Waals surface area contributed by atoms with Crippen LogP contribution in [0.25, 0.3) is 0 Å². The quantitative estimate of drug-likeness (QED) is 0.542. The lowest BCUT2D eigenvalue weighted by Crippen LogP contribution is -2.32. The van der Waals surface area contributed by atoms with Gasteiger partial charge in [-0.2, -0.15) is 0 Å². The first-order valence-electron chi connectivity index (χ1n) is 5.03. The van der Waals surface area contributed by atoms with Crippen molar-refractivity contribution in [3.63, 3.8) is 0 Å². The first-order valence-corrected chi connectivity index (χ1v) is 6.01. The molecule has 1 rings (SSSR count). The van der Waals surface area contributed by atoms with Crippen LogP contribution in [0.3, 0.4) is 0 Å². The van der Waals surface area contributed by atoms with Gasteiger partial charge in [0.05, 0.1) is 13.2 Å². The fraction of sp³-hybridized carbons (Fsp3) is 0.364. The molecule has 0 heterocycles. The Morgan fingerprint density at radius 2 is 2.06 bits per heavy atom. The fourth-order valence-electron chi connectivity index (χ4n) is 1.21. The minimum atomic E-state index is -1.05. The molecule has 1 aromatic rings. The Bertz CT molecular complexity index is 397. The van der Waals surface area contributed by atoms with Crippen molar-refractivity contribution in [3.05, 3.63) is 29.3 Å². The first kappa shape index (κ1) is 14.0. The summed E-state index contributed by atoms with van der Waals surface area (Å²) >= 11 is 1.26. The zero-order valence-electron chi connectivity index (χ0n) is 9.17. The fourth-order valence-corrected chi connectivity index (χ4v) is 2.27. The normalized spacial score (nSPS) is 12.4. The van der Waals surface area contributed by atoms with Gasteiger partial charge >= 0.3 is 5.97 Å². The maximum Gasteiger partial charge on any atom is 0.321 e. The van der Waals surface area contributed by atoms with Crippen molar-refractivity contribution in [2.45, 2.75) is 24.2 Å². The molecule has 0 aliphatic heterocycles. The van der Waals surface area contributed by atoms with Crippen LogP contribution in [0.15, 0.2) is 23.1 Å². The second-order valence-electron chi connectivity index (χ2n) is 3.51. The average Bonchev–Trinajstić information content (AvgIpc) is 2.35. The van der Waals surface area contributed by atoms with Gasteiger partial charge in [-0.3, -0.25) is 4.79 Å². The van der Waals surface area contributed by atoms with Crippen LogP contribution in [0, 0.1) is 0 Å². The van der Waals surface area contributed by atoms with Gasteiger partial charge in [0.25, 0.3) is 0 Å². The molecule has 0 radical (unpaired) electrons. The Morgan fingerprint density at radius 1 is 1.35 bits per heavy atom. The highest BCUT2D eigenvalue weighted by Crippen LogP contribution is 2.25. The Kier molecular flexibility index (Phi) is 5.43. The predicted octanol–water partition coefficient (Wildman–Crippen LogP) is 0.175. The van der Waals surface area contributed by atoms with Gasteiger partial charge in [-0.15, -0.1) is 11.8 Å². The molecule has 0 aromatic heterocycles. The smallest absolute Gasteiger partial charge is 0.321 e. The maximum absolute atomic E-state index is 10.6. The molecule has 5 N–H and O–H groups in total. The van der Waals surface area contributed by atoms with Crippen molar-refractivity contribution < 1.29 is 20.1 Å². The van der Waals surface area contributed by atoms with Gasteiger partial charge in [-0.1, -0.05) is 12.1 Å². The molecule has 0 aliphatic carbocycles. The highest BCUT2D eigenvalue weighted by atomic mass is 32.2.